The van der Waals surface area contributed by atoms with Crippen LogP contribution in [0, 0.1) is 0 Å². The van der Waals surface area contributed by atoms with E-state index in [1.807, 2.05) is 0 Å². The Morgan fingerprint density at radius 2 is 2.24 bits per heavy atom. The van der Waals surface area contributed by atoms with Crippen molar-refractivity contribution >= 4 is 0 Å². The van der Waals surface area contributed by atoms with Crippen LogP contribution in [0.2, 0.25) is 0 Å². The molecule has 0 saturated carbocycles. The molecule has 2 atom stereocenters. The molecule has 0 aromatic carbocycles. The fraction of sp³-hybridized carbons (Fsp3) is 0.867. The minimum Gasteiger partial charge on any atom is -0.367 e. The van der Waals surface area contributed by atoms with Gasteiger partial charge in [0.15, 0.2) is 0 Å². The highest BCUT2D eigenvalue weighted by molar-refractivity contribution is 4.95. The summed E-state index contributed by atoms with van der Waals surface area (Å²) in [7, 11) is 0. The predicted molar refractivity (Wildman–Crippen MR) is 81.2 cm³/mol. The van der Waals surface area contributed by atoms with Crippen molar-refractivity contribution in [1.82, 2.24) is 20.4 Å². The van der Waals surface area contributed by atoms with Crippen LogP contribution >= 0.6 is 0 Å². The Kier molecular flexibility index (Phi) is 6.60. The number of likely N-dealkylation sites (N-methyl/N-ethyl adjacent to an activating group) is 1. The number of nitrogens with one attached hydrogen (secondary N) is 1. The lowest BCUT2D eigenvalue weighted by atomic mass is 10.1. The molecule has 1 N–H and O–H groups in total. The van der Waals surface area contributed by atoms with Gasteiger partial charge in [-0.05, 0) is 25.9 Å². The standard InChI is InChI=1S/C15H28N4O2/c1-4-7-19-8-9-20-13(11-19)15-17-14(21-18-15)10-12(5-2)16-6-3/h12-13,16H,4-11H2,1-3H3. The molecule has 1 aliphatic rings. The van der Waals surface area contributed by atoms with Gasteiger partial charge < -0.3 is 14.6 Å². The zero-order valence-electron chi connectivity index (χ0n) is 13.5. The Bertz CT molecular complexity index is 408. The molecule has 2 rings (SSSR count). The van der Waals surface area contributed by atoms with Gasteiger partial charge in [0.2, 0.25) is 11.7 Å². The molecule has 1 aliphatic heterocycles. The molecule has 1 aromatic rings. The van der Waals surface area contributed by atoms with E-state index < -0.39 is 0 Å². The van der Waals surface area contributed by atoms with Gasteiger partial charge in [-0.15, -0.1) is 0 Å². The smallest absolute Gasteiger partial charge is 0.228 e. The molecule has 0 bridgehead atoms. The van der Waals surface area contributed by atoms with Crippen molar-refractivity contribution in [2.45, 2.75) is 52.2 Å². The van der Waals surface area contributed by atoms with E-state index in [2.05, 4.69) is 41.1 Å². The van der Waals surface area contributed by atoms with Crippen LogP contribution in [-0.4, -0.2) is 53.9 Å². The lowest BCUT2D eigenvalue weighted by Gasteiger charge is -2.30. The third kappa shape index (κ3) is 4.76. The van der Waals surface area contributed by atoms with Crippen LogP contribution < -0.4 is 5.32 Å². The first-order valence-corrected chi connectivity index (χ1v) is 8.16. The minimum atomic E-state index is -0.0537. The summed E-state index contributed by atoms with van der Waals surface area (Å²) < 4.78 is 11.2. The first-order chi connectivity index (χ1) is 10.3. The maximum Gasteiger partial charge on any atom is 0.228 e. The summed E-state index contributed by atoms with van der Waals surface area (Å²) in [4.78, 5) is 6.93. The maximum atomic E-state index is 5.79. The van der Waals surface area contributed by atoms with Crippen LogP contribution in [0.1, 0.15) is 51.4 Å². The summed E-state index contributed by atoms with van der Waals surface area (Å²) in [5.74, 6) is 1.39. The molecule has 0 amide bonds. The minimum absolute atomic E-state index is 0.0537. The van der Waals surface area contributed by atoms with E-state index in [9.17, 15) is 0 Å². The van der Waals surface area contributed by atoms with Gasteiger partial charge in [-0.3, -0.25) is 4.90 Å². The van der Waals surface area contributed by atoms with E-state index in [1.165, 1.54) is 0 Å². The quantitative estimate of drug-likeness (QED) is 0.789. The summed E-state index contributed by atoms with van der Waals surface area (Å²) >= 11 is 0. The van der Waals surface area contributed by atoms with Crippen LogP contribution in [0.4, 0.5) is 0 Å². The predicted octanol–water partition coefficient (Wildman–Crippen LogP) is 1.78. The second-order valence-corrected chi connectivity index (χ2v) is 5.57. The molecule has 0 aliphatic carbocycles. The number of morpholine rings is 1. The van der Waals surface area contributed by atoms with Crippen molar-refractivity contribution in [3.8, 4) is 0 Å². The molecule has 0 radical (unpaired) electrons. The molecule has 1 saturated heterocycles. The van der Waals surface area contributed by atoms with E-state index in [0.29, 0.717) is 17.8 Å². The van der Waals surface area contributed by atoms with Gasteiger partial charge in [0.05, 0.1) is 6.61 Å². The Labute approximate surface area is 127 Å². The molecule has 0 spiro atoms. The summed E-state index contributed by atoms with van der Waals surface area (Å²) in [6.07, 6.45) is 2.94. The average Bonchev–Trinajstić information content (AvgIpc) is 2.96. The Morgan fingerprint density at radius 3 is 2.95 bits per heavy atom. The Morgan fingerprint density at radius 1 is 1.38 bits per heavy atom. The van der Waals surface area contributed by atoms with Crippen LogP contribution in [0.15, 0.2) is 4.52 Å². The molecule has 120 valence electrons. The number of hydrogen-bond acceptors (Lipinski definition) is 6. The normalized spacial score (nSPS) is 21.6. The molecule has 1 aromatic heterocycles. The first kappa shape index (κ1) is 16.4. The highest BCUT2D eigenvalue weighted by Crippen LogP contribution is 2.20. The summed E-state index contributed by atoms with van der Waals surface area (Å²) in [5, 5.41) is 7.54. The van der Waals surface area contributed by atoms with Crippen LogP contribution in [-0.2, 0) is 11.2 Å². The second kappa shape index (κ2) is 8.46. The van der Waals surface area contributed by atoms with Crippen molar-refractivity contribution in [2.75, 3.05) is 32.8 Å². The molecule has 2 unspecified atom stereocenters. The number of hydrogen-bond donors (Lipinski definition) is 1. The molecule has 6 nitrogen and oxygen atoms in total. The monoisotopic (exact) mass is 296 g/mol. The zero-order chi connectivity index (χ0) is 15.1. The van der Waals surface area contributed by atoms with Crippen LogP contribution in [0.25, 0.3) is 0 Å². The van der Waals surface area contributed by atoms with Crippen molar-refractivity contribution in [2.24, 2.45) is 0 Å². The van der Waals surface area contributed by atoms with Crippen molar-refractivity contribution in [3.05, 3.63) is 11.7 Å². The van der Waals surface area contributed by atoms with E-state index in [0.717, 1.165) is 52.0 Å². The molecule has 1 fully saturated rings. The Hall–Kier alpha value is -0.980. The lowest BCUT2D eigenvalue weighted by Crippen LogP contribution is -2.39. The fourth-order valence-corrected chi connectivity index (χ4v) is 2.72. The lowest BCUT2D eigenvalue weighted by molar-refractivity contribution is -0.0350. The van der Waals surface area contributed by atoms with Gasteiger partial charge in [0.1, 0.15) is 6.10 Å². The number of nitrogens with zero attached hydrogens (tertiary/aromatic N) is 3. The average molecular weight is 296 g/mol. The highest BCUT2D eigenvalue weighted by Gasteiger charge is 2.26. The first-order valence-electron chi connectivity index (χ1n) is 8.16. The third-order valence-electron chi connectivity index (χ3n) is 3.87. The third-order valence-corrected chi connectivity index (χ3v) is 3.87. The number of ether oxygens (including phenoxy) is 1. The van der Waals surface area contributed by atoms with Gasteiger partial charge in [0, 0.05) is 25.6 Å². The topological polar surface area (TPSA) is 63.4 Å². The van der Waals surface area contributed by atoms with E-state index in [-0.39, 0.29) is 6.10 Å². The van der Waals surface area contributed by atoms with Gasteiger partial charge in [0.25, 0.3) is 0 Å². The summed E-state index contributed by atoms with van der Waals surface area (Å²) in [6.45, 7) is 11.1. The van der Waals surface area contributed by atoms with E-state index in [4.69, 9.17) is 9.26 Å². The summed E-state index contributed by atoms with van der Waals surface area (Å²) in [5.41, 5.74) is 0. The largest absolute Gasteiger partial charge is 0.367 e. The van der Waals surface area contributed by atoms with E-state index >= 15 is 0 Å². The SMILES string of the molecule is CCCN1CCOC(c2noc(CC(CC)NCC)n2)C1. The van der Waals surface area contributed by atoms with Crippen LogP contribution in [0.5, 0.6) is 0 Å². The second-order valence-electron chi connectivity index (χ2n) is 5.57. The summed E-state index contributed by atoms with van der Waals surface area (Å²) in [6, 6.07) is 0.396. The Balaban J connectivity index is 1.92. The molecular formula is C15H28N4O2. The number of rotatable bonds is 8. The van der Waals surface area contributed by atoms with Crippen LogP contribution in [0.3, 0.4) is 0 Å². The molecular weight excluding hydrogens is 268 g/mol. The van der Waals surface area contributed by atoms with Crippen molar-refractivity contribution in [1.29, 1.82) is 0 Å². The zero-order valence-corrected chi connectivity index (χ0v) is 13.5. The highest BCUT2D eigenvalue weighted by atomic mass is 16.5. The molecule has 6 heteroatoms. The fourth-order valence-electron chi connectivity index (χ4n) is 2.72. The van der Waals surface area contributed by atoms with Gasteiger partial charge in [-0.1, -0.05) is 25.9 Å². The number of aromatic nitrogens is 2. The molecule has 2 heterocycles. The van der Waals surface area contributed by atoms with Crippen molar-refractivity contribution in [3.63, 3.8) is 0 Å². The maximum absolute atomic E-state index is 5.79. The van der Waals surface area contributed by atoms with Gasteiger partial charge in [-0.2, -0.15) is 4.98 Å². The van der Waals surface area contributed by atoms with E-state index in [1.54, 1.807) is 0 Å². The van der Waals surface area contributed by atoms with Gasteiger partial charge in [-0.25, -0.2) is 0 Å². The van der Waals surface area contributed by atoms with Gasteiger partial charge >= 0.3 is 0 Å². The molecule has 21 heavy (non-hydrogen) atoms. The van der Waals surface area contributed by atoms with Crippen molar-refractivity contribution < 1.29 is 9.26 Å².